The van der Waals surface area contributed by atoms with Gasteiger partial charge in [-0.2, -0.15) is 5.10 Å². The number of benzene rings is 2. The van der Waals surface area contributed by atoms with Crippen molar-refractivity contribution < 1.29 is 13.5 Å². The largest absolute Gasteiger partial charge is 0.486 e. The minimum Gasteiger partial charge on any atom is -0.486 e. The van der Waals surface area contributed by atoms with Crippen molar-refractivity contribution in [3.63, 3.8) is 0 Å². The molecule has 3 rings (SSSR count). The van der Waals surface area contributed by atoms with Gasteiger partial charge in [0.25, 0.3) is 0 Å². The van der Waals surface area contributed by atoms with Crippen molar-refractivity contribution in [1.82, 2.24) is 4.98 Å². The van der Waals surface area contributed by atoms with Crippen LogP contribution in [0.2, 0.25) is 5.02 Å². The summed E-state index contributed by atoms with van der Waals surface area (Å²) in [5.41, 5.74) is 3.89. The van der Waals surface area contributed by atoms with Gasteiger partial charge in [0.1, 0.15) is 23.2 Å². The summed E-state index contributed by atoms with van der Waals surface area (Å²) >= 11 is 7.26. The lowest BCUT2D eigenvalue weighted by Crippen LogP contribution is -2.02. The van der Waals surface area contributed by atoms with E-state index in [0.717, 1.165) is 17.1 Å². The monoisotopic (exact) mass is 393 g/mol. The van der Waals surface area contributed by atoms with Gasteiger partial charge in [0, 0.05) is 16.5 Å². The number of ether oxygens (including phenoxy) is 1. The highest BCUT2D eigenvalue weighted by Gasteiger charge is 2.07. The molecule has 0 atom stereocenters. The number of rotatable bonds is 6. The van der Waals surface area contributed by atoms with Crippen molar-refractivity contribution in [1.29, 1.82) is 0 Å². The van der Waals surface area contributed by atoms with Crippen LogP contribution in [0.25, 0.3) is 0 Å². The standard InChI is InChI=1S/C18H14ClF2N3OS/c1-11(23-24-16-7-4-13(20)8-15(16)21)17-10-26-18(22-17)9-25-14-5-2-12(19)3-6-14/h2-8,10,24H,9H2,1H3. The second kappa shape index (κ2) is 8.25. The number of nitrogens with zero attached hydrogens (tertiary/aromatic N) is 2. The van der Waals surface area contributed by atoms with Gasteiger partial charge in [0.2, 0.25) is 0 Å². The molecule has 8 heteroatoms. The van der Waals surface area contributed by atoms with Crippen molar-refractivity contribution in [3.05, 3.63) is 75.2 Å². The van der Waals surface area contributed by atoms with E-state index < -0.39 is 11.6 Å². The smallest absolute Gasteiger partial charge is 0.151 e. The van der Waals surface area contributed by atoms with Gasteiger partial charge in [-0.25, -0.2) is 13.8 Å². The summed E-state index contributed by atoms with van der Waals surface area (Å²) in [4.78, 5) is 4.43. The highest BCUT2D eigenvalue weighted by atomic mass is 35.5. The molecule has 1 aromatic heterocycles. The number of anilines is 1. The molecule has 0 aliphatic rings. The zero-order chi connectivity index (χ0) is 18.5. The van der Waals surface area contributed by atoms with E-state index in [-0.39, 0.29) is 5.69 Å². The van der Waals surface area contributed by atoms with Crippen LogP contribution in [0.4, 0.5) is 14.5 Å². The maximum absolute atomic E-state index is 13.6. The average Bonchev–Trinajstić information content (AvgIpc) is 3.09. The Kier molecular flexibility index (Phi) is 5.80. The van der Waals surface area contributed by atoms with E-state index in [1.165, 1.54) is 17.4 Å². The summed E-state index contributed by atoms with van der Waals surface area (Å²) in [6, 6.07) is 10.3. The molecule has 3 aromatic rings. The molecule has 1 N–H and O–H groups in total. The molecule has 0 saturated carbocycles. The molecule has 0 radical (unpaired) electrons. The topological polar surface area (TPSA) is 46.5 Å². The Morgan fingerprint density at radius 3 is 2.73 bits per heavy atom. The van der Waals surface area contributed by atoms with Gasteiger partial charge in [-0.05, 0) is 43.3 Å². The Labute approximate surface area is 158 Å². The van der Waals surface area contributed by atoms with E-state index in [2.05, 4.69) is 15.5 Å². The van der Waals surface area contributed by atoms with E-state index in [1.807, 2.05) is 5.38 Å². The average molecular weight is 394 g/mol. The number of aromatic nitrogens is 1. The zero-order valence-electron chi connectivity index (χ0n) is 13.7. The van der Waals surface area contributed by atoms with E-state index in [1.54, 1.807) is 31.2 Å². The van der Waals surface area contributed by atoms with E-state index in [9.17, 15) is 8.78 Å². The van der Waals surface area contributed by atoms with Crippen LogP contribution in [0.3, 0.4) is 0 Å². The number of nitrogens with one attached hydrogen (secondary N) is 1. The Morgan fingerprint density at radius 1 is 1.23 bits per heavy atom. The van der Waals surface area contributed by atoms with Crippen molar-refractivity contribution in [2.45, 2.75) is 13.5 Å². The molecule has 0 amide bonds. The summed E-state index contributed by atoms with van der Waals surface area (Å²) in [5.74, 6) is -0.652. The number of thiazole rings is 1. The van der Waals surface area contributed by atoms with Gasteiger partial charge in [-0.15, -0.1) is 11.3 Å². The zero-order valence-corrected chi connectivity index (χ0v) is 15.2. The summed E-state index contributed by atoms with van der Waals surface area (Å²) in [5, 5.41) is 7.34. The summed E-state index contributed by atoms with van der Waals surface area (Å²) in [7, 11) is 0. The molecule has 1 heterocycles. The van der Waals surface area contributed by atoms with Crippen molar-refractivity contribution in [2.24, 2.45) is 5.10 Å². The Bertz CT molecular complexity index is 928. The van der Waals surface area contributed by atoms with Crippen molar-refractivity contribution in [3.8, 4) is 5.75 Å². The molecule has 4 nitrogen and oxygen atoms in total. The quantitative estimate of drug-likeness (QED) is 0.445. The fourth-order valence-electron chi connectivity index (χ4n) is 2.00. The first-order valence-corrected chi connectivity index (χ1v) is 8.85. The summed E-state index contributed by atoms with van der Waals surface area (Å²) < 4.78 is 32.1. The molecule has 2 aromatic carbocycles. The molecular weight excluding hydrogens is 380 g/mol. The number of hydrazone groups is 1. The molecule has 134 valence electrons. The number of hydrogen-bond donors (Lipinski definition) is 1. The fraction of sp³-hybridized carbons (Fsp3) is 0.111. The molecule has 0 aliphatic heterocycles. The second-order valence-corrected chi connectivity index (χ2v) is 6.68. The predicted octanol–water partition coefficient (Wildman–Crippen LogP) is 5.49. The molecule has 0 fully saturated rings. The molecule has 0 saturated heterocycles. The Morgan fingerprint density at radius 2 is 2.00 bits per heavy atom. The molecule has 0 aliphatic carbocycles. The van der Waals surface area contributed by atoms with Crippen LogP contribution in [-0.2, 0) is 6.61 Å². The second-order valence-electron chi connectivity index (χ2n) is 5.30. The molecule has 0 spiro atoms. The SMILES string of the molecule is CC(=NNc1ccc(F)cc1F)c1csc(COc2ccc(Cl)cc2)n1. The van der Waals surface area contributed by atoms with Crippen LogP contribution < -0.4 is 10.2 Å². The van der Waals surface area contributed by atoms with Gasteiger partial charge in [-0.1, -0.05) is 11.6 Å². The third-order valence-corrected chi connectivity index (χ3v) is 4.45. The first-order chi connectivity index (χ1) is 12.5. The fourth-order valence-corrected chi connectivity index (χ4v) is 2.88. The first kappa shape index (κ1) is 18.3. The minimum absolute atomic E-state index is 0.0901. The third kappa shape index (κ3) is 4.77. The first-order valence-electron chi connectivity index (χ1n) is 7.60. The van der Waals surface area contributed by atoms with E-state index in [4.69, 9.17) is 16.3 Å². The highest BCUT2D eigenvalue weighted by Crippen LogP contribution is 2.19. The van der Waals surface area contributed by atoms with Crippen molar-refractivity contribution >= 4 is 34.3 Å². The lowest BCUT2D eigenvalue weighted by molar-refractivity contribution is 0.305. The molecule has 0 unspecified atom stereocenters. The van der Waals surface area contributed by atoms with Crippen LogP contribution >= 0.6 is 22.9 Å². The minimum atomic E-state index is -0.711. The predicted molar refractivity (Wildman–Crippen MR) is 100 cm³/mol. The van der Waals surface area contributed by atoms with E-state index >= 15 is 0 Å². The van der Waals surface area contributed by atoms with Crippen LogP contribution in [0.1, 0.15) is 17.6 Å². The Hall–Kier alpha value is -2.51. The normalized spacial score (nSPS) is 11.5. The van der Waals surface area contributed by atoms with Crippen LogP contribution in [0.15, 0.2) is 52.9 Å². The molecule has 0 bridgehead atoms. The Balaban J connectivity index is 1.61. The van der Waals surface area contributed by atoms with Crippen molar-refractivity contribution in [2.75, 3.05) is 5.43 Å². The van der Waals surface area contributed by atoms with Gasteiger partial charge in [0.05, 0.1) is 17.1 Å². The summed E-state index contributed by atoms with van der Waals surface area (Å²) in [6.07, 6.45) is 0. The van der Waals surface area contributed by atoms with Gasteiger partial charge < -0.3 is 4.74 Å². The van der Waals surface area contributed by atoms with Gasteiger partial charge in [-0.3, -0.25) is 5.43 Å². The number of halogens is 3. The van der Waals surface area contributed by atoms with Gasteiger partial charge in [0.15, 0.2) is 5.82 Å². The maximum atomic E-state index is 13.6. The maximum Gasteiger partial charge on any atom is 0.151 e. The lowest BCUT2D eigenvalue weighted by Gasteiger charge is -2.04. The van der Waals surface area contributed by atoms with Crippen LogP contribution in [0.5, 0.6) is 5.75 Å². The summed E-state index contributed by atoms with van der Waals surface area (Å²) in [6.45, 7) is 2.06. The molecule has 26 heavy (non-hydrogen) atoms. The van der Waals surface area contributed by atoms with Crippen LogP contribution in [0, 0.1) is 11.6 Å². The van der Waals surface area contributed by atoms with Crippen LogP contribution in [-0.4, -0.2) is 10.7 Å². The van der Waals surface area contributed by atoms with E-state index in [0.29, 0.717) is 28.8 Å². The lowest BCUT2D eigenvalue weighted by atomic mass is 10.3. The molecular formula is C18H14ClF2N3OS. The third-order valence-electron chi connectivity index (χ3n) is 3.37. The highest BCUT2D eigenvalue weighted by molar-refractivity contribution is 7.09. The van der Waals surface area contributed by atoms with Gasteiger partial charge >= 0.3 is 0 Å². The number of hydrogen-bond acceptors (Lipinski definition) is 5.